The van der Waals surface area contributed by atoms with Crippen molar-refractivity contribution in [1.29, 1.82) is 0 Å². The highest BCUT2D eigenvalue weighted by molar-refractivity contribution is 6.32. The van der Waals surface area contributed by atoms with E-state index < -0.39 is 28.1 Å². The third-order valence-corrected chi connectivity index (χ3v) is 3.73. The van der Waals surface area contributed by atoms with Crippen LogP contribution in [-0.2, 0) is 15.1 Å². The number of nitro benzene ring substituents is 1. The van der Waals surface area contributed by atoms with Gasteiger partial charge in [-0.3, -0.25) is 24.5 Å². The minimum Gasteiger partial charge on any atom is -0.437 e. The molecule has 1 radical (unpaired) electrons. The molecule has 0 saturated carbocycles. The van der Waals surface area contributed by atoms with E-state index >= 15 is 0 Å². The standard InChI is InChI=1S/C17H10NO6/c1-10(19)24-17(11-5-4-6-12(9-11)18(22)23)15(20)13-7-2-3-8-14(13)16(17)21/h2-4,6-9H,1H3. The first-order chi connectivity index (χ1) is 11.4. The number of ether oxygens (including phenoxy) is 1. The zero-order valence-corrected chi connectivity index (χ0v) is 12.4. The predicted octanol–water partition coefficient (Wildman–Crippen LogP) is 2.23. The summed E-state index contributed by atoms with van der Waals surface area (Å²) in [6.07, 6.45) is 0. The maximum absolute atomic E-state index is 12.9. The van der Waals surface area contributed by atoms with Gasteiger partial charge in [0.05, 0.1) is 4.92 Å². The summed E-state index contributed by atoms with van der Waals surface area (Å²) in [7, 11) is 0. The molecule has 7 heteroatoms. The largest absolute Gasteiger partial charge is 0.437 e. The summed E-state index contributed by atoms with van der Waals surface area (Å²) in [4.78, 5) is 47.6. The number of nitro groups is 1. The van der Waals surface area contributed by atoms with Crippen LogP contribution in [0.2, 0.25) is 0 Å². The molecule has 0 bridgehead atoms. The van der Waals surface area contributed by atoms with Crippen LogP contribution >= 0.6 is 0 Å². The fraction of sp³-hybridized carbons (Fsp3) is 0.118. The summed E-state index contributed by atoms with van der Waals surface area (Å²) >= 11 is 0. The number of carbonyl (C=O) groups is 3. The Balaban J connectivity index is 2.27. The fourth-order valence-electron chi connectivity index (χ4n) is 2.74. The molecule has 1 aliphatic rings. The van der Waals surface area contributed by atoms with E-state index in [0.29, 0.717) is 0 Å². The first-order valence-corrected chi connectivity index (χ1v) is 6.92. The molecule has 0 amide bonds. The molecule has 7 nitrogen and oxygen atoms in total. The van der Waals surface area contributed by atoms with E-state index in [2.05, 4.69) is 6.07 Å². The molecule has 2 aromatic carbocycles. The zero-order valence-electron chi connectivity index (χ0n) is 12.4. The normalized spacial score (nSPS) is 15.0. The lowest BCUT2D eigenvalue weighted by Crippen LogP contribution is -2.42. The van der Waals surface area contributed by atoms with E-state index in [4.69, 9.17) is 4.74 Å². The molecular weight excluding hydrogens is 314 g/mol. The summed E-state index contributed by atoms with van der Waals surface area (Å²) in [6.45, 7) is 1.06. The number of rotatable bonds is 3. The van der Waals surface area contributed by atoms with Gasteiger partial charge in [0.1, 0.15) is 0 Å². The number of hydrogen-bond donors (Lipinski definition) is 0. The van der Waals surface area contributed by atoms with Gasteiger partial charge in [-0.05, 0) is 12.1 Å². The second kappa shape index (κ2) is 5.38. The van der Waals surface area contributed by atoms with Gasteiger partial charge >= 0.3 is 5.97 Å². The Kier molecular flexibility index (Phi) is 3.48. The summed E-state index contributed by atoms with van der Waals surface area (Å²) in [5.41, 5.74) is -2.58. The number of hydrogen-bond acceptors (Lipinski definition) is 6. The molecule has 1 aliphatic carbocycles. The number of Topliss-reactive ketones (excluding diaryl/α,β-unsaturated/α-hetero) is 2. The van der Waals surface area contributed by atoms with E-state index in [0.717, 1.165) is 13.0 Å². The Morgan fingerprint density at radius 2 is 1.75 bits per heavy atom. The maximum atomic E-state index is 12.9. The van der Waals surface area contributed by atoms with Crippen molar-refractivity contribution in [3.63, 3.8) is 0 Å². The zero-order chi connectivity index (χ0) is 17.5. The lowest BCUT2D eigenvalue weighted by atomic mass is 9.88. The van der Waals surface area contributed by atoms with Crippen molar-refractivity contribution in [2.45, 2.75) is 12.5 Å². The monoisotopic (exact) mass is 324 g/mol. The van der Waals surface area contributed by atoms with Crippen LogP contribution in [0.4, 0.5) is 5.69 Å². The van der Waals surface area contributed by atoms with Crippen LogP contribution < -0.4 is 0 Å². The highest BCUT2D eigenvalue weighted by atomic mass is 16.6. The third-order valence-electron chi connectivity index (χ3n) is 3.73. The van der Waals surface area contributed by atoms with Crippen molar-refractivity contribution >= 4 is 23.2 Å². The van der Waals surface area contributed by atoms with Gasteiger partial charge in [-0.25, -0.2) is 0 Å². The molecule has 119 valence electrons. The molecule has 0 aromatic heterocycles. The first-order valence-electron chi connectivity index (χ1n) is 6.92. The Morgan fingerprint density at radius 3 is 2.25 bits per heavy atom. The Bertz CT molecular complexity index is 866. The summed E-state index contributed by atoms with van der Waals surface area (Å²) < 4.78 is 5.13. The highest BCUT2D eigenvalue weighted by Crippen LogP contribution is 2.41. The van der Waals surface area contributed by atoms with E-state index in [1.54, 1.807) is 12.1 Å². The molecule has 0 heterocycles. The number of fused-ring (bicyclic) bond motifs is 1. The van der Waals surface area contributed by atoms with E-state index in [1.807, 2.05) is 0 Å². The Labute approximate surface area is 136 Å². The van der Waals surface area contributed by atoms with Crippen molar-refractivity contribution in [3.05, 3.63) is 75.3 Å². The number of carbonyl (C=O) groups excluding carboxylic acids is 3. The van der Waals surface area contributed by atoms with E-state index in [-0.39, 0.29) is 22.4 Å². The molecule has 0 N–H and O–H groups in total. The van der Waals surface area contributed by atoms with Gasteiger partial charge in [0.15, 0.2) is 0 Å². The fourth-order valence-corrected chi connectivity index (χ4v) is 2.74. The lowest BCUT2D eigenvalue weighted by molar-refractivity contribution is -0.385. The maximum Gasteiger partial charge on any atom is 0.304 e. The minimum absolute atomic E-state index is 0.101. The van der Waals surface area contributed by atoms with Gasteiger partial charge in [-0.15, -0.1) is 0 Å². The Morgan fingerprint density at radius 1 is 1.17 bits per heavy atom. The van der Waals surface area contributed by atoms with Crippen molar-refractivity contribution < 1.29 is 24.0 Å². The van der Waals surface area contributed by atoms with Gasteiger partial charge in [0.25, 0.3) is 11.3 Å². The van der Waals surface area contributed by atoms with Crippen LogP contribution in [0, 0.1) is 16.2 Å². The Hall–Kier alpha value is -3.35. The molecule has 2 aromatic rings. The number of benzene rings is 2. The van der Waals surface area contributed by atoms with Crippen molar-refractivity contribution in [3.8, 4) is 0 Å². The van der Waals surface area contributed by atoms with E-state index in [1.165, 1.54) is 24.3 Å². The molecule has 0 unspecified atom stereocenters. The van der Waals surface area contributed by atoms with Crippen molar-refractivity contribution in [2.75, 3.05) is 0 Å². The third kappa shape index (κ3) is 2.10. The topological polar surface area (TPSA) is 104 Å². The summed E-state index contributed by atoms with van der Waals surface area (Å²) in [5.74, 6) is -2.34. The molecular formula is C17H10NO6. The predicted molar refractivity (Wildman–Crippen MR) is 80.5 cm³/mol. The van der Waals surface area contributed by atoms with Crippen LogP contribution in [0.15, 0.2) is 42.5 Å². The van der Waals surface area contributed by atoms with Crippen LogP contribution in [0.3, 0.4) is 0 Å². The highest BCUT2D eigenvalue weighted by Gasteiger charge is 2.57. The van der Waals surface area contributed by atoms with Crippen LogP contribution in [-0.4, -0.2) is 22.5 Å². The van der Waals surface area contributed by atoms with Gasteiger partial charge in [0, 0.05) is 35.7 Å². The summed E-state index contributed by atoms with van der Waals surface area (Å²) in [5, 5.41) is 11.0. The number of nitrogens with zero attached hydrogens (tertiary/aromatic N) is 1. The molecule has 0 saturated heterocycles. The molecule has 0 spiro atoms. The summed E-state index contributed by atoms with van der Waals surface area (Å²) in [6, 6.07) is 12.1. The van der Waals surface area contributed by atoms with Gasteiger partial charge in [0.2, 0.25) is 11.6 Å². The van der Waals surface area contributed by atoms with E-state index in [9.17, 15) is 24.5 Å². The van der Waals surface area contributed by atoms with Crippen molar-refractivity contribution in [2.24, 2.45) is 0 Å². The van der Waals surface area contributed by atoms with Crippen molar-refractivity contribution in [1.82, 2.24) is 0 Å². The van der Waals surface area contributed by atoms with Gasteiger partial charge < -0.3 is 4.74 Å². The molecule has 0 aliphatic heterocycles. The number of non-ortho nitro benzene ring substituents is 1. The second-order valence-corrected chi connectivity index (χ2v) is 5.20. The van der Waals surface area contributed by atoms with Crippen LogP contribution in [0.1, 0.15) is 33.2 Å². The van der Waals surface area contributed by atoms with Crippen LogP contribution in [0.25, 0.3) is 0 Å². The quantitative estimate of drug-likeness (QED) is 0.371. The smallest absolute Gasteiger partial charge is 0.304 e. The van der Waals surface area contributed by atoms with Crippen LogP contribution in [0.5, 0.6) is 0 Å². The number of ketones is 2. The molecule has 0 atom stereocenters. The van der Waals surface area contributed by atoms with Gasteiger partial charge in [-0.2, -0.15) is 0 Å². The van der Waals surface area contributed by atoms with Gasteiger partial charge in [-0.1, -0.05) is 24.3 Å². The average molecular weight is 324 g/mol. The first kappa shape index (κ1) is 15.5. The molecule has 24 heavy (non-hydrogen) atoms. The molecule has 3 rings (SSSR count). The second-order valence-electron chi connectivity index (χ2n) is 5.20. The average Bonchev–Trinajstić information content (AvgIpc) is 2.78. The SMILES string of the molecule is CC(=O)OC1(c2[c]ccc([N+](=O)[O-])c2)C(=O)c2ccccc2C1=O. The minimum atomic E-state index is -2.28. The number of esters is 1. The molecule has 0 fully saturated rings. The lowest BCUT2D eigenvalue weighted by Gasteiger charge is -2.25.